The fraction of sp³-hybridized carbons (Fsp3) is 0.182. The summed E-state index contributed by atoms with van der Waals surface area (Å²) in [5.41, 5.74) is 5.33. The van der Waals surface area contributed by atoms with Gasteiger partial charge in [0.2, 0.25) is 0 Å². The maximum absolute atomic E-state index is 5.82. The molecule has 0 fully saturated rings. The van der Waals surface area contributed by atoms with E-state index in [2.05, 4.69) is 41.1 Å². The normalized spacial score (nSPS) is 11.6. The van der Waals surface area contributed by atoms with Crippen LogP contribution < -0.4 is 4.74 Å². The van der Waals surface area contributed by atoms with Crippen LogP contribution >= 0.6 is 0 Å². The highest BCUT2D eigenvalue weighted by atomic mass is 16.5. The number of likely N-dealkylation sites (N-methyl/N-ethyl adjacent to an activating group) is 1. The van der Waals surface area contributed by atoms with Crippen molar-refractivity contribution in [2.24, 2.45) is 0 Å². The van der Waals surface area contributed by atoms with Crippen LogP contribution in [0.3, 0.4) is 0 Å². The van der Waals surface area contributed by atoms with E-state index in [1.807, 2.05) is 38.5 Å². The molecule has 0 atom stereocenters. The highest BCUT2D eigenvalue weighted by Gasteiger charge is 2.13. The van der Waals surface area contributed by atoms with Gasteiger partial charge in [-0.05, 0) is 38.4 Å². The number of pyridine rings is 3. The molecule has 8 nitrogen and oxygen atoms in total. The Morgan fingerprint density at radius 2 is 1.93 bits per heavy atom. The van der Waals surface area contributed by atoms with Crippen LogP contribution in [0.5, 0.6) is 5.75 Å². The number of fused-ring (bicyclic) bond motifs is 2. The van der Waals surface area contributed by atoms with Gasteiger partial charge in [0.15, 0.2) is 0 Å². The maximum atomic E-state index is 5.82. The van der Waals surface area contributed by atoms with Crippen LogP contribution in [0, 0.1) is 0 Å². The van der Waals surface area contributed by atoms with Crippen LogP contribution in [0.1, 0.15) is 0 Å². The summed E-state index contributed by atoms with van der Waals surface area (Å²) in [6.07, 6.45) is 8.91. The van der Waals surface area contributed by atoms with Gasteiger partial charge < -0.3 is 14.6 Å². The highest BCUT2D eigenvalue weighted by Crippen LogP contribution is 2.31. The summed E-state index contributed by atoms with van der Waals surface area (Å²) in [5, 5.41) is 9.65. The lowest BCUT2D eigenvalue weighted by molar-refractivity contribution is 0.261. The largest absolute Gasteiger partial charge is 0.491 e. The predicted molar refractivity (Wildman–Crippen MR) is 116 cm³/mol. The van der Waals surface area contributed by atoms with E-state index in [4.69, 9.17) is 4.74 Å². The van der Waals surface area contributed by atoms with Gasteiger partial charge in [0, 0.05) is 35.3 Å². The quantitative estimate of drug-likeness (QED) is 0.454. The molecule has 0 aliphatic carbocycles. The van der Waals surface area contributed by atoms with Gasteiger partial charge >= 0.3 is 0 Å². The first kappa shape index (κ1) is 18.3. The summed E-state index contributed by atoms with van der Waals surface area (Å²) in [6, 6.07) is 8.04. The minimum atomic E-state index is 0.603. The Kier molecular flexibility index (Phi) is 4.61. The molecule has 0 aliphatic heterocycles. The van der Waals surface area contributed by atoms with Crippen molar-refractivity contribution >= 4 is 21.8 Å². The van der Waals surface area contributed by atoms with Crippen LogP contribution in [0.4, 0.5) is 0 Å². The van der Waals surface area contributed by atoms with Crippen LogP contribution in [0.15, 0.2) is 55.2 Å². The Bertz CT molecular complexity index is 1290. The second kappa shape index (κ2) is 7.57. The lowest BCUT2D eigenvalue weighted by Gasteiger charge is -2.11. The molecule has 0 radical (unpaired) electrons. The summed E-state index contributed by atoms with van der Waals surface area (Å²) < 4.78 is 5.82. The third-order valence-corrected chi connectivity index (χ3v) is 4.94. The Labute approximate surface area is 173 Å². The average molecular weight is 399 g/mol. The Morgan fingerprint density at radius 1 is 1.00 bits per heavy atom. The van der Waals surface area contributed by atoms with E-state index in [1.54, 1.807) is 24.8 Å². The molecular formula is C22H21N7O. The van der Waals surface area contributed by atoms with Gasteiger partial charge in [0.1, 0.15) is 18.1 Å². The number of ether oxygens (including phenoxy) is 1. The molecule has 30 heavy (non-hydrogen) atoms. The summed E-state index contributed by atoms with van der Waals surface area (Å²) in [5.74, 6) is 0.729. The zero-order valence-electron chi connectivity index (χ0n) is 16.8. The molecular weight excluding hydrogens is 378 g/mol. The number of nitrogens with zero attached hydrogens (tertiary/aromatic N) is 5. The number of H-pyrrole nitrogens is 2. The van der Waals surface area contributed by atoms with E-state index < -0.39 is 0 Å². The van der Waals surface area contributed by atoms with Gasteiger partial charge in [0.05, 0.1) is 41.0 Å². The smallest absolute Gasteiger partial charge is 0.138 e. The van der Waals surface area contributed by atoms with Gasteiger partial charge in [-0.2, -0.15) is 5.10 Å². The molecule has 5 aromatic rings. The molecule has 2 N–H and O–H groups in total. The van der Waals surface area contributed by atoms with Gasteiger partial charge in [-0.3, -0.25) is 20.1 Å². The molecule has 0 spiro atoms. The van der Waals surface area contributed by atoms with E-state index in [9.17, 15) is 0 Å². The van der Waals surface area contributed by atoms with Crippen LogP contribution in [0.2, 0.25) is 0 Å². The number of aromatic nitrogens is 6. The Morgan fingerprint density at radius 3 is 2.80 bits per heavy atom. The summed E-state index contributed by atoms with van der Waals surface area (Å²) in [6.45, 7) is 1.44. The van der Waals surface area contributed by atoms with Crippen LogP contribution in [-0.2, 0) is 0 Å². The number of hydrogen-bond acceptors (Lipinski definition) is 6. The van der Waals surface area contributed by atoms with Gasteiger partial charge in [-0.15, -0.1) is 0 Å². The first-order chi connectivity index (χ1) is 14.7. The number of rotatable bonds is 6. The van der Waals surface area contributed by atoms with Crippen molar-refractivity contribution in [3.05, 3.63) is 55.2 Å². The Hall–Kier alpha value is -3.78. The van der Waals surface area contributed by atoms with E-state index in [0.717, 1.165) is 56.7 Å². The molecule has 0 aromatic carbocycles. The molecule has 150 valence electrons. The zero-order chi connectivity index (χ0) is 20.5. The highest BCUT2D eigenvalue weighted by molar-refractivity contribution is 5.96. The number of aromatic amines is 2. The minimum Gasteiger partial charge on any atom is -0.491 e. The summed E-state index contributed by atoms with van der Waals surface area (Å²) in [7, 11) is 4.03. The lowest BCUT2D eigenvalue weighted by Crippen LogP contribution is -2.19. The molecule has 0 saturated heterocycles. The second-order valence-corrected chi connectivity index (χ2v) is 7.39. The molecule has 8 heteroatoms. The standard InChI is InChI=1S/C22H21N7O/c1-29(2)5-6-30-16-7-15(10-24-11-16)18-9-17-21(13-25-18)27-28-22(17)19-8-14-3-4-23-12-20(14)26-19/h3-4,7-13,26H,5-6H2,1-2H3,(H,27,28). The SMILES string of the molecule is CN(C)CCOc1cncc(-c2cc3c(-c4cc5ccncc5[nH]4)n[nH]c3cn2)c1. The molecule has 5 rings (SSSR count). The molecule has 0 amide bonds. The number of nitrogens with one attached hydrogen (secondary N) is 2. The maximum Gasteiger partial charge on any atom is 0.138 e. The minimum absolute atomic E-state index is 0.603. The van der Waals surface area contributed by atoms with Gasteiger partial charge in [-0.1, -0.05) is 0 Å². The third-order valence-electron chi connectivity index (χ3n) is 4.94. The van der Waals surface area contributed by atoms with Crippen LogP contribution in [-0.4, -0.2) is 62.3 Å². The van der Waals surface area contributed by atoms with E-state index in [0.29, 0.717) is 6.61 Å². The van der Waals surface area contributed by atoms with Gasteiger partial charge in [-0.25, -0.2) is 0 Å². The van der Waals surface area contributed by atoms with Crippen molar-refractivity contribution < 1.29 is 4.74 Å². The van der Waals surface area contributed by atoms with E-state index in [1.165, 1.54) is 0 Å². The second-order valence-electron chi connectivity index (χ2n) is 7.39. The zero-order valence-corrected chi connectivity index (χ0v) is 16.8. The number of hydrogen-bond donors (Lipinski definition) is 2. The molecule has 0 bridgehead atoms. The average Bonchev–Trinajstić information content (AvgIpc) is 3.37. The summed E-state index contributed by atoms with van der Waals surface area (Å²) >= 11 is 0. The van der Waals surface area contributed by atoms with E-state index >= 15 is 0 Å². The van der Waals surface area contributed by atoms with Crippen LogP contribution in [0.25, 0.3) is 44.5 Å². The molecule has 5 aromatic heterocycles. The molecule has 5 heterocycles. The van der Waals surface area contributed by atoms with Gasteiger partial charge in [0.25, 0.3) is 0 Å². The lowest BCUT2D eigenvalue weighted by atomic mass is 10.1. The van der Waals surface area contributed by atoms with E-state index in [-0.39, 0.29) is 0 Å². The monoisotopic (exact) mass is 399 g/mol. The predicted octanol–water partition coefficient (Wildman–Crippen LogP) is 3.50. The Balaban J connectivity index is 1.50. The van der Waals surface area contributed by atoms with Crippen molar-refractivity contribution in [2.75, 3.05) is 27.2 Å². The summed E-state index contributed by atoms with van der Waals surface area (Å²) in [4.78, 5) is 18.5. The molecule has 0 unspecified atom stereocenters. The third kappa shape index (κ3) is 3.48. The fourth-order valence-electron chi connectivity index (χ4n) is 3.36. The first-order valence-corrected chi connectivity index (χ1v) is 9.67. The van der Waals surface area contributed by atoms with Crippen molar-refractivity contribution in [3.63, 3.8) is 0 Å². The topological polar surface area (TPSA) is 95.6 Å². The molecule has 0 saturated carbocycles. The van der Waals surface area contributed by atoms with Crippen molar-refractivity contribution in [1.82, 2.24) is 35.0 Å². The first-order valence-electron chi connectivity index (χ1n) is 9.67. The van der Waals surface area contributed by atoms with Crippen molar-refractivity contribution in [1.29, 1.82) is 0 Å². The van der Waals surface area contributed by atoms with Crippen molar-refractivity contribution in [2.45, 2.75) is 0 Å². The molecule has 0 aliphatic rings. The van der Waals surface area contributed by atoms with Crippen molar-refractivity contribution in [3.8, 4) is 28.4 Å². The fourth-order valence-corrected chi connectivity index (χ4v) is 3.36.